The first-order valence-corrected chi connectivity index (χ1v) is 10.4. The monoisotopic (exact) mass is 424 g/mol. The van der Waals surface area contributed by atoms with Crippen LogP contribution in [0.2, 0.25) is 5.02 Å². The number of benzene rings is 2. The summed E-state index contributed by atoms with van der Waals surface area (Å²) in [6, 6.07) is 11.7. The quantitative estimate of drug-likeness (QED) is 0.565. The van der Waals surface area contributed by atoms with Gasteiger partial charge in [-0.1, -0.05) is 29.3 Å². The van der Waals surface area contributed by atoms with Crippen molar-refractivity contribution >= 4 is 38.9 Å². The number of sulfonamides is 1. The molecule has 28 heavy (non-hydrogen) atoms. The van der Waals surface area contributed by atoms with Crippen molar-refractivity contribution in [2.45, 2.75) is 12.3 Å². The molecule has 0 aliphatic carbocycles. The van der Waals surface area contributed by atoms with E-state index in [1.807, 2.05) is 6.92 Å². The Morgan fingerprint density at radius 2 is 1.86 bits per heavy atom. The third-order valence-electron chi connectivity index (χ3n) is 4.33. The van der Waals surface area contributed by atoms with Crippen molar-refractivity contribution in [1.82, 2.24) is 10.9 Å². The van der Waals surface area contributed by atoms with Gasteiger partial charge in [0.2, 0.25) is 5.91 Å². The number of carbonyl (C=O) groups excluding carboxylic acids is 1. The van der Waals surface area contributed by atoms with Gasteiger partial charge in [-0.2, -0.15) is 0 Å². The van der Waals surface area contributed by atoms with Crippen molar-refractivity contribution < 1.29 is 17.9 Å². The molecule has 2 atom stereocenters. The van der Waals surface area contributed by atoms with Crippen LogP contribution < -0.4 is 25.6 Å². The number of hydrogen-bond donors (Lipinski definition) is 4. The molecule has 0 aromatic heterocycles. The number of carbonyl (C=O) groups is 1. The van der Waals surface area contributed by atoms with Gasteiger partial charge in [-0.25, -0.2) is 13.8 Å². The Hall–Kier alpha value is -2.33. The minimum Gasteiger partial charge on any atom is -0.495 e. The number of ether oxygens (including phenoxy) is 1. The molecule has 1 aliphatic rings. The molecule has 1 amide bonds. The zero-order chi connectivity index (χ0) is 20.3. The Kier molecular flexibility index (Phi) is 6.09. The van der Waals surface area contributed by atoms with E-state index in [1.165, 1.54) is 7.11 Å². The molecule has 2 unspecified atom stereocenters. The fourth-order valence-electron chi connectivity index (χ4n) is 2.83. The molecule has 8 nitrogen and oxygen atoms in total. The van der Waals surface area contributed by atoms with Crippen LogP contribution in [0.4, 0.5) is 11.4 Å². The lowest BCUT2D eigenvalue weighted by Gasteiger charge is -2.19. The maximum absolute atomic E-state index is 12.8. The molecule has 0 saturated carbocycles. The lowest BCUT2D eigenvalue weighted by Crippen LogP contribution is -2.45. The summed E-state index contributed by atoms with van der Waals surface area (Å²) in [5.74, 6) is -0.812. The number of rotatable bonds is 6. The minimum atomic E-state index is -3.86. The molecule has 1 aliphatic heterocycles. The molecule has 1 heterocycles. The first kappa shape index (κ1) is 20.4. The standard InChI is InChI=1S/C18H21ClN4O4S/c1-11-3-5-12(6-4-11)23-28(25,26)18-14(10-20-22-18)17(24)21-13-7-8-16(27-2)15(19)9-13/h3-9,14,18,20,22-23H,10H2,1-2H3,(H,21,24). The molecule has 2 aromatic carbocycles. The second kappa shape index (κ2) is 8.36. The van der Waals surface area contributed by atoms with E-state index in [4.69, 9.17) is 16.3 Å². The van der Waals surface area contributed by atoms with E-state index in [0.717, 1.165) is 5.56 Å². The second-order valence-corrected chi connectivity index (χ2v) is 8.61. The highest BCUT2D eigenvalue weighted by molar-refractivity contribution is 7.93. The van der Waals surface area contributed by atoms with Gasteiger partial charge in [-0.3, -0.25) is 14.9 Å². The predicted octanol–water partition coefficient (Wildman–Crippen LogP) is 2.09. The number of aryl methyl sites for hydroxylation is 1. The van der Waals surface area contributed by atoms with E-state index >= 15 is 0 Å². The summed E-state index contributed by atoms with van der Waals surface area (Å²) in [4.78, 5) is 12.7. The Balaban J connectivity index is 1.73. The number of nitrogens with one attached hydrogen (secondary N) is 4. The maximum atomic E-state index is 12.8. The average molecular weight is 425 g/mol. The van der Waals surface area contributed by atoms with Crippen molar-refractivity contribution in [3.05, 3.63) is 53.1 Å². The summed E-state index contributed by atoms with van der Waals surface area (Å²) in [6.45, 7) is 2.07. The highest BCUT2D eigenvalue weighted by Gasteiger charge is 2.42. The number of halogens is 1. The van der Waals surface area contributed by atoms with Gasteiger partial charge in [0.1, 0.15) is 5.75 Å². The molecule has 0 bridgehead atoms. The van der Waals surface area contributed by atoms with Crippen LogP contribution in [-0.2, 0) is 14.8 Å². The highest BCUT2D eigenvalue weighted by Crippen LogP contribution is 2.28. The topological polar surface area (TPSA) is 109 Å². The molecule has 10 heteroatoms. The summed E-state index contributed by atoms with van der Waals surface area (Å²) in [5, 5.41) is 1.90. The van der Waals surface area contributed by atoms with Crippen molar-refractivity contribution in [3.63, 3.8) is 0 Å². The largest absolute Gasteiger partial charge is 0.495 e. The van der Waals surface area contributed by atoms with Gasteiger partial charge in [0, 0.05) is 17.9 Å². The summed E-state index contributed by atoms with van der Waals surface area (Å²) in [5.41, 5.74) is 7.30. The van der Waals surface area contributed by atoms with Crippen molar-refractivity contribution in [2.75, 3.05) is 23.7 Å². The van der Waals surface area contributed by atoms with Crippen molar-refractivity contribution in [2.24, 2.45) is 5.92 Å². The van der Waals surface area contributed by atoms with Crippen LogP contribution >= 0.6 is 11.6 Å². The molecule has 4 N–H and O–H groups in total. The van der Waals surface area contributed by atoms with Crippen LogP contribution in [0.15, 0.2) is 42.5 Å². The highest BCUT2D eigenvalue weighted by atomic mass is 35.5. The zero-order valence-electron chi connectivity index (χ0n) is 15.3. The van der Waals surface area contributed by atoms with Gasteiger partial charge in [0.15, 0.2) is 5.37 Å². The summed E-state index contributed by atoms with van der Waals surface area (Å²) >= 11 is 6.07. The maximum Gasteiger partial charge on any atom is 0.250 e. The van der Waals surface area contributed by atoms with Crippen LogP contribution in [-0.4, -0.2) is 33.4 Å². The molecule has 3 rings (SSSR count). The lowest BCUT2D eigenvalue weighted by molar-refractivity contribution is -0.119. The summed E-state index contributed by atoms with van der Waals surface area (Å²) in [6.07, 6.45) is 0. The van der Waals surface area contributed by atoms with Gasteiger partial charge in [0.05, 0.1) is 18.1 Å². The zero-order valence-corrected chi connectivity index (χ0v) is 16.9. The summed E-state index contributed by atoms with van der Waals surface area (Å²) < 4.78 is 33.1. The van der Waals surface area contributed by atoms with Crippen LogP contribution in [0.5, 0.6) is 5.75 Å². The van der Waals surface area contributed by atoms with Crippen LogP contribution in [0.1, 0.15) is 5.56 Å². The minimum absolute atomic E-state index is 0.162. The van der Waals surface area contributed by atoms with Crippen LogP contribution in [0.3, 0.4) is 0 Å². The molecule has 150 valence electrons. The lowest BCUT2D eigenvalue weighted by atomic mass is 10.1. The summed E-state index contributed by atoms with van der Waals surface area (Å²) in [7, 11) is -2.37. The molecular formula is C18H21ClN4O4S. The van der Waals surface area contributed by atoms with Gasteiger partial charge >= 0.3 is 0 Å². The van der Waals surface area contributed by atoms with Crippen molar-refractivity contribution in [3.8, 4) is 5.75 Å². The second-order valence-electron chi connectivity index (χ2n) is 6.40. The van der Waals surface area contributed by atoms with E-state index < -0.39 is 27.2 Å². The average Bonchev–Trinajstić information content (AvgIpc) is 3.15. The van der Waals surface area contributed by atoms with E-state index in [2.05, 4.69) is 20.9 Å². The smallest absolute Gasteiger partial charge is 0.250 e. The fourth-order valence-corrected chi connectivity index (χ4v) is 4.57. The molecular weight excluding hydrogens is 404 g/mol. The number of hydrogen-bond acceptors (Lipinski definition) is 6. The first-order chi connectivity index (χ1) is 13.3. The predicted molar refractivity (Wildman–Crippen MR) is 109 cm³/mol. The molecule has 1 fully saturated rings. The number of anilines is 2. The third kappa shape index (κ3) is 4.56. The van der Waals surface area contributed by atoms with Crippen LogP contribution in [0, 0.1) is 12.8 Å². The molecule has 0 spiro atoms. The van der Waals surface area contributed by atoms with E-state index in [0.29, 0.717) is 22.1 Å². The normalized spacial score (nSPS) is 19.2. The Labute approximate surface area is 168 Å². The Bertz CT molecular complexity index is 966. The van der Waals surface area contributed by atoms with E-state index in [-0.39, 0.29) is 6.54 Å². The number of hydrazine groups is 1. The van der Waals surface area contributed by atoms with Gasteiger partial charge in [-0.15, -0.1) is 0 Å². The molecule has 0 radical (unpaired) electrons. The number of amides is 1. The van der Waals surface area contributed by atoms with Gasteiger partial charge in [0.25, 0.3) is 10.0 Å². The van der Waals surface area contributed by atoms with Gasteiger partial charge in [-0.05, 0) is 37.3 Å². The van der Waals surface area contributed by atoms with E-state index in [1.54, 1.807) is 42.5 Å². The third-order valence-corrected chi connectivity index (χ3v) is 6.26. The molecule has 2 aromatic rings. The number of methoxy groups -OCH3 is 1. The Morgan fingerprint density at radius 1 is 1.18 bits per heavy atom. The first-order valence-electron chi connectivity index (χ1n) is 8.51. The fraction of sp³-hybridized carbons (Fsp3) is 0.278. The van der Waals surface area contributed by atoms with E-state index in [9.17, 15) is 13.2 Å². The molecule has 1 saturated heterocycles. The van der Waals surface area contributed by atoms with Gasteiger partial charge < -0.3 is 10.1 Å². The van der Waals surface area contributed by atoms with Crippen LogP contribution in [0.25, 0.3) is 0 Å². The SMILES string of the molecule is COc1ccc(NC(=O)C2CNNC2S(=O)(=O)Nc2ccc(C)cc2)cc1Cl. The Morgan fingerprint density at radius 3 is 2.50 bits per heavy atom. The van der Waals surface area contributed by atoms with Crippen molar-refractivity contribution in [1.29, 1.82) is 0 Å².